The highest BCUT2D eigenvalue weighted by Gasteiger charge is 2.53. The van der Waals surface area contributed by atoms with Gasteiger partial charge in [-0.1, -0.05) is 15.9 Å². The van der Waals surface area contributed by atoms with Crippen molar-refractivity contribution in [2.75, 3.05) is 7.05 Å². The Hall–Kier alpha value is -1.43. The van der Waals surface area contributed by atoms with Gasteiger partial charge in [-0.2, -0.15) is 0 Å². The van der Waals surface area contributed by atoms with E-state index >= 15 is 0 Å². The number of hydrogen-bond acceptors (Lipinski definition) is 3. The van der Waals surface area contributed by atoms with Crippen molar-refractivity contribution in [2.45, 2.75) is 26.3 Å². The van der Waals surface area contributed by atoms with E-state index in [4.69, 9.17) is 5.73 Å². The standard InChI is InChI=1S/C14H17BrFN3O/c1-13(2)11(20)19(4)12(17)18-14(13,3)9-7-8(15)5-6-10(9)16/h5-7H,1-4H3,(H2,17,18). The molecule has 0 bridgehead atoms. The first-order valence-corrected chi connectivity index (χ1v) is 6.99. The second-order valence-electron chi connectivity index (χ2n) is 5.66. The van der Waals surface area contributed by atoms with Gasteiger partial charge in [0.2, 0.25) is 5.91 Å². The second kappa shape index (κ2) is 4.55. The fourth-order valence-corrected chi connectivity index (χ4v) is 2.80. The van der Waals surface area contributed by atoms with E-state index < -0.39 is 16.8 Å². The van der Waals surface area contributed by atoms with Gasteiger partial charge < -0.3 is 5.73 Å². The molecule has 1 amide bonds. The number of halogens is 2. The molecule has 108 valence electrons. The van der Waals surface area contributed by atoms with E-state index in [2.05, 4.69) is 20.9 Å². The van der Waals surface area contributed by atoms with Crippen LogP contribution in [0.2, 0.25) is 0 Å². The molecular formula is C14H17BrFN3O. The van der Waals surface area contributed by atoms with Gasteiger partial charge in [0, 0.05) is 17.1 Å². The van der Waals surface area contributed by atoms with Crippen LogP contribution in [0.5, 0.6) is 0 Å². The number of amides is 1. The predicted molar refractivity (Wildman–Crippen MR) is 79.6 cm³/mol. The van der Waals surface area contributed by atoms with E-state index in [-0.39, 0.29) is 11.9 Å². The number of rotatable bonds is 1. The molecule has 1 unspecified atom stereocenters. The van der Waals surface area contributed by atoms with Gasteiger partial charge in [0.05, 0.1) is 5.41 Å². The molecule has 0 saturated heterocycles. The maximum Gasteiger partial charge on any atom is 0.237 e. The Bertz CT molecular complexity index is 614. The third-order valence-electron chi connectivity index (χ3n) is 4.19. The van der Waals surface area contributed by atoms with Crippen molar-refractivity contribution < 1.29 is 9.18 Å². The maximum atomic E-state index is 14.2. The van der Waals surface area contributed by atoms with E-state index in [0.717, 1.165) is 4.47 Å². The zero-order chi connectivity index (χ0) is 15.3. The molecular weight excluding hydrogens is 325 g/mol. The molecule has 1 heterocycles. The van der Waals surface area contributed by atoms with Crippen molar-refractivity contribution in [2.24, 2.45) is 16.1 Å². The quantitative estimate of drug-likeness (QED) is 0.853. The fraction of sp³-hybridized carbons (Fsp3) is 0.429. The Morgan fingerprint density at radius 1 is 1.35 bits per heavy atom. The zero-order valence-electron chi connectivity index (χ0n) is 11.9. The topological polar surface area (TPSA) is 58.7 Å². The molecule has 0 aliphatic carbocycles. The summed E-state index contributed by atoms with van der Waals surface area (Å²) in [7, 11) is 1.57. The first-order valence-electron chi connectivity index (χ1n) is 6.20. The molecule has 0 fully saturated rings. The monoisotopic (exact) mass is 341 g/mol. The fourth-order valence-electron chi connectivity index (χ4n) is 2.44. The Balaban J connectivity index is 2.74. The summed E-state index contributed by atoms with van der Waals surface area (Å²) in [6.07, 6.45) is 0. The maximum absolute atomic E-state index is 14.2. The molecule has 0 saturated carbocycles. The van der Waals surface area contributed by atoms with Crippen LogP contribution in [0.25, 0.3) is 0 Å². The van der Waals surface area contributed by atoms with E-state index in [1.807, 2.05) is 0 Å². The molecule has 1 aliphatic heterocycles. The van der Waals surface area contributed by atoms with Crippen LogP contribution >= 0.6 is 15.9 Å². The van der Waals surface area contributed by atoms with Crippen LogP contribution in [0.15, 0.2) is 27.7 Å². The van der Waals surface area contributed by atoms with Crippen molar-refractivity contribution in [3.8, 4) is 0 Å². The summed E-state index contributed by atoms with van der Waals surface area (Å²) in [5.74, 6) is -0.499. The lowest BCUT2D eigenvalue weighted by Gasteiger charge is -2.46. The van der Waals surface area contributed by atoms with Crippen molar-refractivity contribution in [3.05, 3.63) is 34.1 Å². The summed E-state index contributed by atoms with van der Waals surface area (Å²) in [6.45, 7) is 5.24. The lowest BCUT2D eigenvalue weighted by Crippen LogP contribution is -2.58. The molecule has 0 radical (unpaired) electrons. The highest BCUT2D eigenvalue weighted by molar-refractivity contribution is 9.10. The summed E-state index contributed by atoms with van der Waals surface area (Å²) in [5.41, 5.74) is 4.19. The van der Waals surface area contributed by atoms with E-state index in [9.17, 15) is 9.18 Å². The molecule has 2 N–H and O–H groups in total. The molecule has 0 spiro atoms. The zero-order valence-corrected chi connectivity index (χ0v) is 13.5. The summed E-state index contributed by atoms with van der Waals surface area (Å²) in [5, 5.41) is 0. The average molecular weight is 342 g/mol. The summed E-state index contributed by atoms with van der Waals surface area (Å²) >= 11 is 3.33. The van der Waals surface area contributed by atoms with E-state index in [0.29, 0.717) is 5.56 Å². The number of benzene rings is 1. The molecule has 1 atom stereocenters. The largest absolute Gasteiger partial charge is 0.369 e. The van der Waals surface area contributed by atoms with E-state index in [1.165, 1.54) is 11.0 Å². The van der Waals surface area contributed by atoms with Crippen molar-refractivity contribution in [1.29, 1.82) is 0 Å². The lowest BCUT2D eigenvalue weighted by atomic mass is 9.67. The van der Waals surface area contributed by atoms with Crippen LogP contribution in [0.1, 0.15) is 26.3 Å². The number of hydrogen-bond donors (Lipinski definition) is 1. The normalized spacial score (nSPS) is 25.6. The van der Waals surface area contributed by atoms with Gasteiger partial charge in [-0.25, -0.2) is 9.38 Å². The first-order chi connectivity index (χ1) is 9.11. The number of aliphatic imine (C=N–C) groups is 1. The third kappa shape index (κ3) is 1.93. The Kier molecular flexibility index (Phi) is 3.40. The van der Waals surface area contributed by atoms with Crippen LogP contribution in [0.3, 0.4) is 0 Å². The molecule has 6 heteroatoms. The van der Waals surface area contributed by atoms with Crippen LogP contribution in [-0.4, -0.2) is 23.8 Å². The van der Waals surface area contributed by atoms with Crippen molar-refractivity contribution in [3.63, 3.8) is 0 Å². The summed E-state index contributed by atoms with van der Waals surface area (Å²) in [4.78, 5) is 18.2. The molecule has 1 aromatic carbocycles. The Labute approximate surface area is 126 Å². The van der Waals surface area contributed by atoms with Crippen molar-refractivity contribution in [1.82, 2.24) is 4.90 Å². The van der Waals surface area contributed by atoms with Gasteiger partial charge in [0.15, 0.2) is 5.96 Å². The molecule has 2 rings (SSSR count). The molecule has 1 aliphatic rings. The van der Waals surface area contributed by atoms with Crippen LogP contribution in [0.4, 0.5) is 4.39 Å². The van der Waals surface area contributed by atoms with Gasteiger partial charge in [0.1, 0.15) is 11.4 Å². The Morgan fingerprint density at radius 3 is 2.55 bits per heavy atom. The molecule has 20 heavy (non-hydrogen) atoms. The number of nitrogens with two attached hydrogens (primary N) is 1. The van der Waals surface area contributed by atoms with Crippen molar-refractivity contribution >= 4 is 27.8 Å². The number of carbonyl (C=O) groups excluding carboxylic acids is 1. The highest BCUT2D eigenvalue weighted by Crippen LogP contribution is 2.47. The van der Waals surface area contributed by atoms with E-state index in [1.54, 1.807) is 40.0 Å². The number of guanidine groups is 1. The minimum atomic E-state index is -1.06. The van der Waals surface area contributed by atoms with Crippen LogP contribution < -0.4 is 5.73 Å². The second-order valence-corrected chi connectivity index (χ2v) is 6.57. The summed E-state index contributed by atoms with van der Waals surface area (Å²) < 4.78 is 15.0. The molecule has 1 aromatic rings. The van der Waals surface area contributed by atoms with Crippen LogP contribution in [-0.2, 0) is 10.3 Å². The minimum absolute atomic E-state index is 0.0937. The molecule has 0 aromatic heterocycles. The summed E-state index contributed by atoms with van der Waals surface area (Å²) in [6, 6.07) is 4.61. The van der Waals surface area contributed by atoms with Gasteiger partial charge in [-0.05, 0) is 39.0 Å². The predicted octanol–water partition coefficient (Wildman–Crippen LogP) is 2.62. The SMILES string of the molecule is CN1C(=O)C(C)(C)C(C)(c2cc(Br)ccc2F)N=C1N. The van der Waals surface area contributed by atoms with Gasteiger partial charge >= 0.3 is 0 Å². The smallest absolute Gasteiger partial charge is 0.237 e. The average Bonchev–Trinajstić information content (AvgIpc) is 2.37. The van der Waals surface area contributed by atoms with Gasteiger partial charge in [-0.15, -0.1) is 0 Å². The van der Waals surface area contributed by atoms with Crippen LogP contribution in [0, 0.1) is 11.2 Å². The first kappa shape index (κ1) is 15.0. The highest BCUT2D eigenvalue weighted by atomic mass is 79.9. The lowest BCUT2D eigenvalue weighted by molar-refractivity contribution is -0.140. The van der Waals surface area contributed by atoms with Gasteiger partial charge in [-0.3, -0.25) is 9.69 Å². The number of carbonyl (C=O) groups is 1. The minimum Gasteiger partial charge on any atom is -0.369 e. The Morgan fingerprint density at radius 2 is 1.95 bits per heavy atom. The third-order valence-corrected chi connectivity index (χ3v) is 4.68. The molecule has 4 nitrogen and oxygen atoms in total. The number of nitrogens with zero attached hydrogens (tertiary/aromatic N) is 2. The van der Waals surface area contributed by atoms with Gasteiger partial charge in [0.25, 0.3) is 0 Å².